The Labute approximate surface area is 168 Å². The SMILES string of the molecule is O=C(CNc1nc2ccccc2s1)c1ccc(S(=O)(=O)N2CCCCC2)cc1. The van der Waals surface area contributed by atoms with E-state index < -0.39 is 10.0 Å². The molecule has 6 nitrogen and oxygen atoms in total. The lowest BCUT2D eigenvalue weighted by molar-refractivity contribution is 0.101. The van der Waals surface area contributed by atoms with Crippen LogP contribution in [0.3, 0.4) is 0 Å². The van der Waals surface area contributed by atoms with Crippen molar-refractivity contribution in [3.05, 3.63) is 54.1 Å². The molecule has 2 heterocycles. The molecule has 3 aromatic rings. The third-order valence-electron chi connectivity index (χ3n) is 4.82. The Kier molecular flexibility index (Phi) is 5.43. The van der Waals surface area contributed by atoms with E-state index in [1.54, 1.807) is 12.1 Å². The Morgan fingerprint density at radius 3 is 2.46 bits per heavy atom. The summed E-state index contributed by atoms with van der Waals surface area (Å²) in [5, 5.41) is 3.75. The number of Topliss-reactive ketones (excluding diaryl/α,β-unsaturated/α-hetero) is 1. The van der Waals surface area contributed by atoms with Gasteiger partial charge in [0.15, 0.2) is 10.9 Å². The average molecular weight is 416 g/mol. The van der Waals surface area contributed by atoms with Crippen molar-refractivity contribution in [2.24, 2.45) is 0 Å². The van der Waals surface area contributed by atoms with Crippen molar-refractivity contribution in [2.45, 2.75) is 24.2 Å². The summed E-state index contributed by atoms with van der Waals surface area (Å²) in [6.45, 7) is 1.24. The van der Waals surface area contributed by atoms with Crippen molar-refractivity contribution in [3.63, 3.8) is 0 Å². The van der Waals surface area contributed by atoms with Gasteiger partial charge in [-0.25, -0.2) is 13.4 Å². The second kappa shape index (κ2) is 7.98. The number of aromatic nitrogens is 1. The van der Waals surface area contributed by atoms with Crippen LogP contribution in [0, 0.1) is 0 Å². The first kappa shape index (κ1) is 19.0. The van der Waals surface area contributed by atoms with Gasteiger partial charge in [0.25, 0.3) is 0 Å². The molecule has 4 rings (SSSR count). The van der Waals surface area contributed by atoms with Gasteiger partial charge >= 0.3 is 0 Å². The molecule has 1 aliphatic heterocycles. The van der Waals surface area contributed by atoms with E-state index in [1.165, 1.54) is 27.8 Å². The Hall–Kier alpha value is -2.29. The summed E-state index contributed by atoms with van der Waals surface area (Å²) in [4.78, 5) is 17.1. The van der Waals surface area contributed by atoms with Gasteiger partial charge in [0.05, 0.1) is 21.7 Å². The molecule has 28 heavy (non-hydrogen) atoms. The summed E-state index contributed by atoms with van der Waals surface area (Å²) in [7, 11) is -3.48. The predicted molar refractivity (Wildman–Crippen MR) is 111 cm³/mol. The fourth-order valence-electron chi connectivity index (χ4n) is 3.27. The quantitative estimate of drug-likeness (QED) is 0.620. The van der Waals surface area contributed by atoms with Gasteiger partial charge in [0.2, 0.25) is 10.0 Å². The number of anilines is 1. The van der Waals surface area contributed by atoms with Gasteiger partial charge in [0, 0.05) is 18.7 Å². The molecule has 2 aromatic carbocycles. The summed E-state index contributed by atoms with van der Waals surface area (Å²) < 4.78 is 28.0. The summed E-state index contributed by atoms with van der Waals surface area (Å²) in [6.07, 6.45) is 2.86. The van der Waals surface area contributed by atoms with E-state index in [0.29, 0.717) is 23.8 Å². The van der Waals surface area contributed by atoms with Crippen molar-refractivity contribution in [3.8, 4) is 0 Å². The maximum absolute atomic E-state index is 12.7. The molecule has 0 unspecified atom stereocenters. The third kappa shape index (κ3) is 3.94. The van der Waals surface area contributed by atoms with Crippen molar-refractivity contribution in [1.82, 2.24) is 9.29 Å². The van der Waals surface area contributed by atoms with Crippen LogP contribution in [-0.4, -0.2) is 43.1 Å². The van der Waals surface area contributed by atoms with Crippen LogP contribution in [0.1, 0.15) is 29.6 Å². The first-order valence-corrected chi connectivity index (χ1v) is 11.5. The molecule has 1 aliphatic rings. The van der Waals surface area contributed by atoms with E-state index in [4.69, 9.17) is 0 Å². The molecule has 0 amide bonds. The van der Waals surface area contributed by atoms with Gasteiger partial charge in [-0.15, -0.1) is 0 Å². The molecule has 1 fully saturated rings. The number of benzene rings is 2. The predicted octanol–water partition coefficient (Wildman–Crippen LogP) is 3.77. The molecule has 1 saturated heterocycles. The molecule has 8 heteroatoms. The first-order valence-electron chi connectivity index (χ1n) is 9.27. The Balaban J connectivity index is 1.42. The van der Waals surface area contributed by atoms with Crippen LogP contribution >= 0.6 is 11.3 Å². The second-order valence-corrected chi connectivity index (χ2v) is 9.72. The number of sulfonamides is 1. The maximum atomic E-state index is 12.7. The molecular weight excluding hydrogens is 394 g/mol. The van der Waals surface area contributed by atoms with Gasteiger partial charge in [-0.05, 0) is 49.2 Å². The summed E-state index contributed by atoms with van der Waals surface area (Å²) >= 11 is 1.50. The lowest BCUT2D eigenvalue weighted by Gasteiger charge is -2.25. The number of ketones is 1. The van der Waals surface area contributed by atoms with Gasteiger partial charge in [-0.2, -0.15) is 4.31 Å². The summed E-state index contributed by atoms with van der Waals surface area (Å²) in [5.74, 6) is -0.110. The molecule has 1 N–H and O–H groups in total. The van der Waals surface area contributed by atoms with Crippen molar-refractivity contribution < 1.29 is 13.2 Å². The standard InChI is InChI=1S/C20H21N3O3S2/c24-18(14-21-20-22-17-6-2-3-7-19(17)27-20)15-8-10-16(11-9-15)28(25,26)23-12-4-1-5-13-23/h2-3,6-11H,1,4-5,12-14H2,(H,21,22). The second-order valence-electron chi connectivity index (χ2n) is 6.75. The number of nitrogens with one attached hydrogen (secondary N) is 1. The fourth-order valence-corrected chi connectivity index (χ4v) is 5.65. The molecule has 0 aliphatic carbocycles. The molecule has 0 bridgehead atoms. The van der Waals surface area contributed by atoms with E-state index in [2.05, 4.69) is 10.3 Å². The summed E-state index contributed by atoms with van der Waals surface area (Å²) in [5.41, 5.74) is 1.38. The topological polar surface area (TPSA) is 79.4 Å². The van der Waals surface area contributed by atoms with Crippen LogP contribution in [-0.2, 0) is 10.0 Å². The highest BCUT2D eigenvalue weighted by molar-refractivity contribution is 7.89. The number of thiazole rings is 1. The number of carbonyl (C=O) groups excluding carboxylic acids is 1. The zero-order valence-electron chi connectivity index (χ0n) is 15.3. The van der Waals surface area contributed by atoms with Gasteiger partial charge in [-0.1, -0.05) is 29.9 Å². The zero-order chi connectivity index (χ0) is 19.6. The van der Waals surface area contributed by atoms with Crippen LogP contribution in [0.15, 0.2) is 53.4 Å². The number of piperidine rings is 1. The van der Waals surface area contributed by atoms with Gasteiger partial charge in [-0.3, -0.25) is 4.79 Å². The molecule has 1 aromatic heterocycles. The van der Waals surface area contributed by atoms with E-state index in [-0.39, 0.29) is 17.2 Å². The van der Waals surface area contributed by atoms with Crippen LogP contribution in [0.5, 0.6) is 0 Å². The molecule has 0 saturated carbocycles. The number of rotatable bonds is 6. The van der Waals surface area contributed by atoms with Gasteiger partial charge < -0.3 is 5.32 Å². The normalized spacial score (nSPS) is 15.6. The van der Waals surface area contributed by atoms with E-state index in [9.17, 15) is 13.2 Å². The van der Waals surface area contributed by atoms with Crippen molar-refractivity contribution in [2.75, 3.05) is 25.0 Å². The molecular formula is C20H21N3O3S2. The number of hydrogen-bond donors (Lipinski definition) is 1. The molecule has 0 radical (unpaired) electrons. The van der Waals surface area contributed by atoms with Crippen LogP contribution in [0.2, 0.25) is 0 Å². The minimum atomic E-state index is -3.48. The molecule has 146 valence electrons. The Bertz CT molecular complexity index is 1050. The lowest BCUT2D eigenvalue weighted by Crippen LogP contribution is -2.35. The number of fused-ring (bicyclic) bond motifs is 1. The van der Waals surface area contributed by atoms with E-state index in [1.807, 2.05) is 24.3 Å². The minimum absolute atomic E-state index is 0.109. The molecule has 0 atom stereocenters. The fraction of sp³-hybridized carbons (Fsp3) is 0.300. The van der Waals surface area contributed by atoms with E-state index >= 15 is 0 Å². The van der Waals surface area contributed by atoms with Crippen LogP contribution in [0.25, 0.3) is 10.2 Å². The van der Waals surface area contributed by atoms with Crippen LogP contribution in [0.4, 0.5) is 5.13 Å². The first-order chi connectivity index (χ1) is 13.5. The van der Waals surface area contributed by atoms with Gasteiger partial charge in [0.1, 0.15) is 0 Å². The third-order valence-corrected chi connectivity index (χ3v) is 7.73. The Morgan fingerprint density at radius 1 is 1.04 bits per heavy atom. The van der Waals surface area contributed by atoms with Crippen molar-refractivity contribution in [1.29, 1.82) is 0 Å². The lowest BCUT2D eigenvalue weighted by atomic mass is 10.1. The van der Waals surface area contributed by atoms with E-state index in [0.717, 1.165) is 29.5 Å². The largest absolute Gasteiger partial charge is 0.354 e. The maximum Gasteiger partial charge on any atom is 0.243 e. The number of nitrogens with zero attached hydrogens (tertiary/aromatic N) is 2. The highest BCUT2D eigenvalue weighted by atomic mass is 32.2. The smallest absolute Gasteiger partial charge is 0.243 e. The van der Waals surface area contributed by atoms with Crippen molar-refractivity contribution >= 4 is 42.5 Å². The minimum Gasteiger partial charge on any atom is -0.354 e. The summed E-state index contributed by atoms with van der Waals surface area (Å²) in [6, 6.07) is 14.0. The number of para-hydroxylation sites is 1. The number of carbonyl (C=O) groups is 1. The monoisotopic (exact) mass is 415 g/mol. The zero-order valence-corrected chi connectivity index (χ0v) is 16.9. The highest BCUT2D eigenvalue weighted by Crippen LogP contribution is 2.25. The Morgan fingerprint density at radius 2 is 1.75 bits per heavy atom. The molecule has 0 spiro atoms. The average Bonchev–Trinajstić information content (AvgIpc) is 3.16. The number of hydrogen-bond acceptors (Lipinski definition) is 6. The highest BCUT2D eigenvalue weighted by Gasteiger charge is 2.25. The van der Waals surface area contributed by atoms with Crippen LogP contribution < -0.4 is 5.32 Å².